The number of phenols is 2. The maximum Gasteiger partial charge on any atom is 0.251 e. The molecule has 104 valence electrons. The number of nitrogens with one attached hydrogen (secondary N) is 1. The number of carbonyl (C=O) groups excluding carboxylic acids is 1. The highest BCUT2D eigenvalue weighted by molar-refractivity contribution is 5.95. The third-order valence-electron chi connectivity index (χ3n) is 2.87. The number of rotatable bonds is 4. The number of amides is 1. The Labute approximate surface area is 116 Å². The Morgan fingerprint density at radius 1 is 1.10 bits per heavy atom. The van der Waals surface area contributed by atoms with Crippen molar-refractivity contribution in [3.05, 3.63) is 59.7 Å². The monoisotopic (exact) mass is 272 g/mol. The van der Waals surface area contributed by atoms with Gasteiger partial charge < -0.3 is 21.3 Å². The van der Waals surface area contributed by atoms with Crippen molar-refractivity contribution in [3.8, 4) is 11.5 Å². The number of carbonyl (C=O) groups is 1. The van der Waals surface area contributed by atoms with E-state index in [1.54, 1.807) is 0 Å². The second kappa shape index (κ2) is 6.08. The molecule has 2 rings (SSSR count). The fraction of sp³-hybridized carbons (Fsp3) is 0.133. The van der Waals surface area contributed by atoms with Crippen LogP contribution in [0.4, 0.5) is 0 Å². The number of phenolic OH excluding ortho intramolecular Hbond substituents is 2. The van der Waals surface area contributed by atoms with Gasteiger partial charge in [0.15, 0.2) is 0 Å². The summed E-state index contributed by atoms with van der Waals surface area (Å²) in [6.07, 6.45) is 0. The highest BCUT2D eigenvalue weighted by Crippen LogP contribution is 2.20. The number of benzene rings is 2. The van der Waals surface area contributed by atoms with E-state index in [-0.39, 0.29) is 29.6 Å². The van der Waals surface area contributed by atoms with Gasteiger partial charge in [-0.05, 0) is 17.7 Å². The summed E-state index contributed by atoms with van der Waals surface area (Å²) in [5.74, 6) is -0.729. The summed E-state index contributed by atoms with van der Waals surface area (Å²) in [4.78, 5) is 11.9. The summed E-state index contributed by atoms with van der Waals surface area (Å²) in [6.45, 7) is 0.263. The minimum atomic E-state index is -0.400. The van der Waals surface area contributed by atoms with Crippen molar-refractivity contribution in [3.63, 3.8) is 0 Å². The summed E-state index contributed by atoms with van der Waals surface area (Å²) in [7, 11) is 0. The van der Waals surface area contributed by atoms with Gasteiger partial charge in [-0.3, -0.25) is 4.79 Å². The van der Waals surface area contributed by atoms with Crippen molar-refractivity contribution in [1.82, 2.24) is 5.32 Å². The summed E-state index contributed by atoms with van der Waals surface area (Å²) < 4.78 is 0. The summed E-state index contributed by atoms with van der Waals surface area (Å²) in [6, 6.07) is 12.8. The van der Waals surface area contributed by atoms with E-state index < -0.39 is 5.91 Å². The quantitative estimate of drug-likeness (QED) is 0.678. The molecule has 1 amide bonds. The smallest absolute Gasteiger partial charge is 0.251 e. The van der Waals surface area contributed by atoms with Crippen LogP contribution in [0.15, 0.2) is 48.5 Å². The van der Waals surface area contributed by atoms with Gasteiger partial charge in [0.05, 0.1) is 0 Å². The van der Waals surface area contributed by atoms with Gasteiger partial charge in [0.2, 0.25) is 0 Å². The average molecular weight is 272 g/mol. The van der Waals surface area contributed by atoms with Gasteiger partial charge >= 0.3 is 0 Å². The maximum atomic E-state index is 11.9. The third kappa shape index (κ3) is 3.49. The van der Waals surface area contributed by atoms with Crippen molar-refractivity contribution in [1.29, 1.82) is 0 Å². The minimum Gasteiger partial charge on any atom is -0.508 e. The Bertz CT molecular complexity index is 579. The predicted octanol–water partition coefficient (Wildman–Crippen LogP) is 1.53. The van der Waals surface area contributed by atoms with Gasteiger partial charge in [0.25, 0.3) is 5.91 Å². The first-order valence-electron chi connectivity index (χ1n) is 6.18. The van der Waals surface area contributed by atoms with Crippen LogP contribution in [0.3, 0.4) is 0 Å². The molecule has 0 aliphatic heterocycles. The van der Waals surface area contributed by atoms with Crippen LogP contribution in [0.25, 0.3) is 0 Å². The van der Waals surface area contributed by atoms with Crippen molar-refractivity contribution >= 4 is 5.91 Å². The first kappa shape index (κ1) is 13.9. The molecule has 2 aromatic carbocycles. The largest absolute Gasteiger partial charge is 0.508 e. The topological polar surface area (TPSA) is 95.6 Å². The zero-order chi connectivity index (χ0) is 14.5. The second-order valence-electron chi connectivity index (χ2n) is 4.47. The molecule has 1 unspecified atom stereocenters. The summed E-state index contributed by atoms with van der Waals surface area (Å²) in [5, 5.41) is 21.3. The summed E-state index contributed by atoms with van der Waals surface area (Å²) >= 11 is 0. The third-order valence-corrected chi connectivity index (χ3v) is 2.87. The normalized spacial score (nSPS) is 11.8. The fourth-order valence-electron chi connectivity index (χ4n) is 1.85. The Balaban J connectivity index is 1.98. The van der Waals surface area contributed by atoms with E-state index in [0.717, 1.165) is 11.6 Å². The van der Waals surface area contributed by atoms with Crippen molar-refractivity contribution in [2.45, 2.75) is 6.04 Å². The van der Waals surface area contributed by atoms with Crippen LogP contribution in [-0.2, 0) is 0 Å². The molecule has 0 heterocycles. The lowest BCUT2D eigenvalue weighted by molar-refractivity contribution is 0.0950. The molecule has 1 atom stereocenters. The molecule has 0 spiro atoms. The van der Waals surface area contributed by atoms with Crippen molar-refractivity contribution < 1.29 is 15.0 Å². The molecule has 5 heteroatoms. The van der Waals surface area contributed by atoms with Gasteiger partial charge in [-0.2, -0.15) is 0 Å². The van der Waals surface area contributed by atoms with Crippen LogP contribution in [0.5, 0.6) is 11.5 Å². The number of aromatic hydroxyl groups is 2. The van der Waals surface area contributed by atoms with Gasteiger partial charge in [-0.1, -0.05) is 30.3 Å². The fourth-order valence-corrected chi connectivity index (χ4v) is 1.85. The molecule has 0 aliphatic carbocycles. The second-order valence-corrected chi connectivity index (χ2v) is 4.47. The van der Waals surface area contributed by atoms with E-state index in [0.29, 0.717) is 0 Å². The molecule has 0 radical (unpaired) electrons. The van der Waals surface area contributed by atoms with E-state index in [1.807, 2.05) is 30.3 Å². The van der Waals surface area contributed by atoms with E-state index in [2.05, 4.69) is 5.32 Å². The van der Waals surface area contributed by atoms with Gasteiger partial charge in [-0.15, -0.1) is 0 Å². The van der Waals surface area contributed by atoms with E-state index >= 15 is 0 Å². The van der Waals surface area contributed by atoms with Crippen LogP contribution in [0.2, 0.25) is 0 Å². The van der Waals surface area contributed by atoms with E-state index in [9.17, 15) is 15.0 Å². The lowest BCUT2D eigenvalue weighted by Crippen LogP contribution is -2.31. The Morgan fingerprint density at radius 2 is 1.70 bits per heavy atom. The van der Waals surface area contributed by atoms with Crippen LogP contribution in [0, 0.1) is 0 Å². The molecule has 5 nitrogen and oxygen atoms in total. The highest BCUT2D eigenvalue weighted by Gasteiger charge is 2.11. The van der Waals surface area contributed by atoms with Crippen LogP contribution in [-0.4, -0.2) is 22.7 Å². The average Bonchev–Trinajstić information content (AvgIpc) is 2.44. The Hall–Kier alpha value is -2.53. The summed E-state index contributed by atoms with van der Waals surface area (Å²) in [5.41, 5.74) is 7.07. The van der Waals surface area contributed by atoms with Crippen LogP contribution < -0.4 is 11.1 Å². The molecule has 0 bridgehead atoms. The lowest BCUT2D eigenvalue weighted by Gasteiger charge is -2.13. The zero-order valence-electron chi connectivity index (χ0n) is 10.8. The van der Waals surface area contributed by atoms with Crippen LogP contribution >= 0.6 is 0 Å². The SMILES string of the molecule is NC(CNC(=O)c1cc(O)cc(O)c1)c1ccccc1. The molecular formula is C15H16N2O3. The predicted molar refractivity (Wildman–Crippen MR) is 75.5 cm³/mol. The molecule has 20 heavy (non-hydrogen) atoms. The number of hydrogen-bond donors (Lipinski definition) is 4. The van der Waals surface area contributed by atoms with E-state index in [1.165, 1.54) is 12.1 Å². The highest BCUT2D eigenvalue weighted by atomic mass is 16.3. The van der Waals surface area contributed by atoms with Crippen molar-refractivity contribution in [2.75, 3.05) is 6.54 Å². The molecular weight excluding hydrogens is 256 g/mol. The minimum absolute atomic E-state index is 0.164. The Morgan fingerprint density at radius 3 is 2.30 bits per heavy atom. The first-order valence-corrected chi connectivity index (χ1v) is 6.18. The standard InChI is InChI=1S/C15H16N2O3/c16-14(10-4-2-1-3-5-10)9-17-15(20)11-6-12(18)8-13(19)7-11/h1-8,14,18-19H,9,16H2,(H,17,20). The van der Waals surface area contributed by atoms with Gasteiger partial charge in [0, 0.05) is 24.2 Å². The lowest BCUT2D eigenvalue weighted by atomic mass is 10.1. The number of hydrogen-bond acceptors (Lipinski definition) is 4. The molecule has 0 fully saturated rings. The van der Waals surface area contributed by atoms with Crippen LogP contribution in [0.1, 0.15) is 22.0 Å². The Kier molecular flexibility index (Phi) is 4.22. The van der Waals surface area contributed by atoms with E-state index in [4.69, 9.17) is 5.73 Å². The van der Waals surface area contributed by atoms with Gasteiger partial charge in [0.1, 0.15) is 11.5 Å². The van der Waals surface area contributed by atoms with Gasteiger partial charge in [-0.25, -0.2) is 0 Å². The molecule has 5 N–H and O–H groups in total. The first-order chi connectivity index (χ1) is 9.56. The zero-order valence-corrected chi connectivity index (χ0v) is 10.8. The maximum absolute atomic E-state index is 11.9. The molecule has 0 aliphatic rings. The molecule has 0 saturated carbocycles. The molecule has 0 aromatic heterocycles. The van der Waals surface area contributed by atoms with Crippen molar-refractivity contribution in [2.24, 2.45) is 5.73 Å². The number of nitrogens with two attached hydrogens (primary N) is 1. The molecule has 0 saturated heterocycles. The molecule has 2 aromatic rings.